The second-order valence-electron chi connectivity index (χ2n) is 3.47. The fraction of sp³-hybridized carbons (Fsp3) is 0.0769. The van der Waals surface area contributed by atoms with E-state index < -0.39 is 0 Å². The lowest BCUT2D eigenvalue weighted by Crippen LogP contribution is -1.94. The minimum absolute atomic E-state index is 0.0575. The lowest BCUT2D eigenvalue weighted by atomic mass is 10.1. The molecule has 2 aromatic rings. The van der Waals surface area contributed by atoms with Gasteiger partial charge in [0.25, 0.3) is 0 Å². The summed E-state index contributed by atoms with van der Waals surface area (Å²) < 4.78 is 0. The van der Waals surface area contributed by atoms with E-state index in [-0.39, 0.29) is 5.78 Å². The quantitative estimate of drug-likeness (QED) is 0.782. The summed E-state index contributed by atoms with van der Waals surface area (Å²) in [4.78, 5) is 16.6. The molecule has 17 heavy (non-hydrogen) atoms. The normalized spacial score (nSPS) is 10.2. The zero-order chi connectivity index (χ0) is 12.3. The molecule has 2 rings (SSSR count). The predicted octanol–water partition coefficient (Wildman–Crippen LogP) is 4.09. The molecule has 0 aliphatic heterocycles. The van der Waals surface area contributed by atoms with Gasteiger partial charge in [0.2, 0.25) is 0 Å². The Morgan fingerprint density at radius 1 is 1.24 bits per heavy atom. The van der Waals surface area contributed by atoms with Crippen LogP contribution in [0.5, 0.6) is 0 Å². The second-order valence-corrected chi connectivity index (χ2v) is 4.97. The average Bonchev–Trinajstić information content (AvgIpc) is 2.32. The first-order valence-corrected chi connectivity index (χ1v) is 6.25. The smallest absolute Gasteiger partial charge is 0.160 e. The Bertz CT molecular complexity index is 539. The van der Waals surface area contributed by atoms with Gasteiger partial charge in [-0.05, 0) is 25.1 Å². The molecule has 0 saturated carbocycles. The van der Waals surface area contributed by atoms with E-state index in [1.165, 1.54) is 11.8 Å². The standard InChI is InChI=1S/C13H10ClNOS/c1-9(16)11-4-2-3-5-12(11)17-13-7-6-10(14)8-15-13/h2-8H,1H3. The van der Waals surface area contributed by atoms with Crippen LogP contribution in [0.4, 0.5) is 0 Å². The molecule has 0 fully saturated rings. The van der Waals surface area contributed by atoms with Gasteiger partial charge in [-0.2, -0.15) is 0 Å². The van der Waals surface area contributed by atoms with Crippen molar-refractivity contribution in [3.05, 3.63) is 53.2 Å². The van der Waals surface area contributed by atoms with Crippen LogP contribution in [0.25, 0.3) is 0 Å². The first-order valence-electron chi connectivity index (χ1n) is 5.06. The van der Waals surface area contributed by atoms with Crippen LogP contribution >= 0.6 is 23.4 Å². The van der Waals surface area contributed by atoms with Crippen molar-refractivity contribution in [3.63, 3.8) is 0 Å². The van der Waals surface area contributed by atoms with Crippen LogP contribution in [0, 0.1) is 0 Å². The number of nitrogens with zero attached hydrogens (tertiary/aromatic N) is 1. The fourth-order valence-electron chi connectivity index (χ4n) is 1.38. The Morgan fingerprint density at radius 2 is 2.00 bits per heavy atom. The average molecular weight is 264 g/mol. The Balaban J connectivity index is 2.30. The molecule has 0 aliphatic carbocycles. The highest BCUT2D eigenvalue weighted by atomic mass is 35.5. The van der Waals surface area contributed by atoms with Crippen LogP contribution in [0.1, 0.15) is 17.3 Å². The second kappa shape index (κ2) is 5.34. The van der Waals surface area contributed by atoms with E-state index in [1.54, 1.807) is 19.2 Å². The number of hydrogen-bond donors (Lipinski definition) is 0. The molecule has 0 bridgehead atoms. The van der Waals surface area contributed by atoms with Crippen molar-refractivity contribution >= 4 is 29.1 Å². The van der Waals surface area contributed by atoms with E-state index in [4.69, 9.17) is 11.6 Å². The number of benzene rings is 1. The van der Waals surface area contributed by atoms with Gasteiger partial charge in [0.1, 0.15) is 5.03 Å². The van der Waals surface area contributed by atoms with Gasteiger partial charge in [0, 0.05) is 16.7 Å². The van der Waals surface area contributed by atoms with E-state index in [2.05, 4.69) is 4.98 Å². The van der Waals surface area contributed by atoms with Crippen LogP contribution < -0.4 is 0 Å². The number of carbonyl (C=O) groups excluding carboxylic acids is 1. The van der Waals surface area contributed by atoms with Crippen molar-refractivity contribution in [2.45, 2.75) is 16.8 Å². The monoisotopic (exact) mass is 263 g/mol. The Hall–Kier alpha value is -1.32. The Labute approximate surface area is 109 Å². The molecular weight excluding hydrogens is 254 g/mol. The molecule has 0 aliphatic rings. The van der Waals surface area contributed by atoms with E-state index >= 15 is 0 Å². The van der Waals surface area contributed by atoms with Crippen LogP contribution in [-0.4, -0.2) is 10.8 Å². The van der Waals surface area contributed by atoms with Gasteiger partial charge < -0.3 is 0 Å². The molecule has 0 unspecified atom stereocenters. The van der Waals surface area contributed by atoms with E-state index in [0.29, 0.717) is 10.6 Å². The number of carbonyl (C=O) groups is 1. The highest BCUT2D eigenvalue weighted by Gasteiger charge is 2.08. The van der Waals surface area contributed by atoms with Crippen molar-refractivity contribution in [3.8, 4) is 0 Å². The summed E-state index contributed by atoms with van der Waals surface area (Å²) in [5.74, 6) is 0.0575. The number of halogens is 1. The van der Waals surface area contributed by atoms with Gasteiger partial charge >= 0.3 is 0 Å². The van der Waals surface area contributed by atoms with Gasteiger partial charge in [0.15, 0.2) is 5.78 Å². The highest BCUT2D eigenvalue weighted by Crippen LogP contribution is 2.29. The summed E-state index contributed by atoms with van der Waals surface area (Å²) in [5, 5.41) is 1.43. The molecule has 86 valence electrons. The first-order chi connectivity index (χ1) is 8.16. The molecule has 1 aromatic heterocycles. The van der Waals surface area contributed by atoms with Crippen LogP contribution in [0.2, 0.25) is 5.02 Å². The van der Waals surface area contributed by atoms with Gasteiger partial charge in [0.05, 0.1) is 5.02 Å². The minimum Gasteiger partial charge on any atom is -0.294 e. The molecule has 0 spiro atoms. The Kier molecular flexibility index (Phi) is 3.82. The van der Waals surface area contributed by atoms with Crippen molar-refractivity contribution in [2.24, 2.45) is 0 Å². The Morgan fingerprint density at radius 3 is 2.65 bits per heavy atom. The van der Waals surface area contributed by atoms with Crippen LogP contribution in [0.15, 0.2) is 52.5 Å². The predicted molar refractivity (Wildman–Crippen MR) is 69.8 cm³/mol. The SMILES string of the molecule is CC(=O)c1ccccc1Sc1ccc(Cl)cn1. The molecular formula is C13H10ClNOS. The molecule has 0 radical (unpaired) electrons. The molecule has 0 N–H and O–H groups in total. The molecule has 0 amide bonds. The summed E-state index contributed by atoms with van der Waals surface area (Å²) in [5.41, 5.74) is 0.717. The van der Waals surface area contributed by atoms with Crippen molar-refractivity contribution in [2.75, 3.05) is 0 Å². The number of ketones is 1. The third-order valence-electron chi connectivity index (χ3n) is 2.18. The van der Waals surface area contributed by atoms with Gasteiger partial charge in [-0.1, -0.05) is 41.6 Å². The molecule has 0 atom stereocenters. The number of hydrogen-bond acceptors (Lipinski definition) is 3. The number of pyridine rings is 1. The molecule has 2 nitrogen and oxygen atoms in total. The molecule has 0 saturated heterocycles. The summed E-state index contributed by atoms with van der Waals surface area (Å²) in [6.07, 6.45) is 1.60. The van der Waals surface area contributed by atoms with Crippen LogP contribution in [0.3, 0.4) is 0 Å². The largest absolute Gasteiger partial charge is 0.294 e. The molecule has 1 heterocycles. The van der Waals surface area contributed by atoms with Gasteiger partial charge in [-0.25, -0.2) is 4.98 Å². The third-order valence-corrected chi connectivity index (χ3v) is 3.43. The van der Waals surface area contributed by atoms with Crippen molar-refractivity contribution in [1.82, 2.24) is 4.98 Å². The summed E-state index contributed by atoms with van der Waals surface area (Å²) in [6, 6.07) is 11.1. The van der Waals surface area contributed by atoms with Gasteiger partial charge in [-0.15, -0.1) is 0 Å². The topological polar surface area (TPSA) is 30.0 Å². The zero-order valence-electron chi connectivity index (χ0n) is 9.18. The van der Waals surface area contributed by atoms with E-state index in [9.17, 15) is 4.79 Å². The fourth-order valence-corrected chi connectivity index (χ4v) is 2.43. The number of rotatable bonds is 3. The minimum atomic E-state index is 0.0575. The zero-order valence-corrected chi connectivity index (χ0v) is 10.8. The maximum atomic E-state index is 11.5. The maximum Gasteiger partial charge on any atom is 0.160 e. The van der Waals surface area contributed by atoms with E-state index in [0.717, 1.165) is 9.92 Å². The highest BCUT2D eigenvalue weighted by molar-refractivity contribution is 7.99. The third kappa shape index (κ3) is 3.08. The maximum absolute atomic E-state index is 11.5. The van der Waals surface area contributed by atoms with Crippen molar-refractivity contribution in [1.29, 1.82) is 0 Å². The molecule has 1 aromatic carbocycles. The molecule has 4 heteroatoms. The number of Topliss-reactive ketones (excluding diaryl/α,β-unsaturated/α-hetero) is 1. The summed E-state index contributed by atoms with van der Waals surface area (Å²) in [7, 11) is 0. The summed E-state index contributed by atoms with van der Waals surface area (Å²) >= 11 is 7.23. The first kappa shape index (κ1) is 12.1. The van der Waals surface area contributed by atoms with Crippen LogP contribution in [-0.2, 0) is 0 Å². The lowest BCUT2D eigenvalue weighted by molar-refractivity contribution is 0.101. The van der Waals surface area contributed by atoms with Gasteiger partial charge in [-0.3, -0.25) is 4.79 Å². The van der Waals surface area contributed by atoms with E-state index in [1.807, 2.05) is 30.3 Å². The lowest BCUT2D eigenvalue weighted by Gasteiger charge is -2.05. The van der Waals surface area contributed by atoms with Crippen molar-refractivity contribution < 1.29 is 4.79 Å². The number of aromatic nitrogens is 1. The summed E-state index contributed by atoms with van der Waals surface area (Å²) in [6.45, 7) is 1.56.